The average molecular weight is 313 g/mol. The Morgan fingerprint density at radius 2 is 1.64 bits per heavy atom. The number of para-hydroxylation sites is 1. The molecule has 0 aromatic heterocycles. The highest BCUT2D eigenvalue weighted by Crippen LogP contribution is 2.16. The van der Waals surface area contributed by atoms with Crippen molar-refractivity contribution in [3.05, 3.63) is 60.2 Å². The van der Waals surface area contributed by atoms with E-state index < -0.39 is 0 Å². The van der Waals surface area contributed by atoms with Crippen molar-refractivity contribution >= 4 is 34.9 Å². The zero-order chi connectivity index (χ0) is 16.0. The lowest BCUT2D eigenvalue weighted by Crippen LogP contribution is -2.34. The summed E-state index contributed by atoms with van der Waals surface area (Å²) < 4.78 is 0.792. The summed E-state index contributed by atoms with van der Waals surface area (Å²) >= 11 is 5.18. The number of anilines is 1. The molecule has 0 atom stereocenters. The van der Waals surface area contributed by atoms with Crippen molar-refractivity contribution < 1.29 is 0 Å². The van der Waals surface area contributed by atoms with Crippen molar-refractivity contribution in [2.45, 2.75) is 0 Å². The molecule has 2 N–H and O–H groups in total. The molecule has 0 bridgehead atoms. The highest BCUT2D eigenvalue weighted by atomic mass is 32.1. The van der Waals surface area contributed by atoms with Crippen LogP contribution < -0.4 is 15.2 Å². The third-order valence-corrected chi connectivity index (χ3v) is 3.27. The zero-order valence-corrected chi connectivity index (χ0v) is 13.9. The van der Waals surface area contributed by atoms with E-state index in [0.717, 1.165) is 15.7 Å². The Balaban J connectivity index is 1.88. The van der Waals surface area contributed by atoms with E-state index in [1.54, 1.807) is 6.21 Å². The van der Waals surface area contributed by atoms with Gasteiger partial charge in [-0.2, -0.15) is 5.10 Å². The Kier molecular flexibility index (Phi) is 5.25. The van der Waals surface area contributed by atoms with Crippen molar-refractivity contribution in [1.29, 1.82) is 0 Å². The Labute approximate surface area is 137 Å². The molecule has 2 aromatic rings. The Bertz CT molecular complexity index is 643. The van der Waals surface area contributed by atoms with Crippen LogP contribution in [0.1, 0.15) is 5.56 Å². The number of nitrogens with one attached hydrogen (secondary N) is 2. The summed E-state index contributed by atoms with van der Waals surface area (Å²) in [6.07, 6.45) is 1.75. The molecule has 5 heteroatoms. The van der Waals surface area contributed by atoms with E-state index in [4.69, 9.17) is 12.2 Å². The summed E-state index contributed by atoms with van der Waals surface area (Å²) in [5, 5.41) is 7.67. The van der Waals surface area contributed by atoms with Gasteiger partial charge in [0.1, 0.15) is 5.69 Å². The van der Waals surface area contributed by atoms with Crippen LogP contribution in [0.3, 0.4) is 0 Å². The molecule has 0 spiro atoms. The molecule has 0 saturated carbocycles. The topological polar surface area (TPSA) is 36.4 Å². The van der Waals surface area contributed by atoms with Gasteiger partial charge in [0, 0.05) is 5.69 Å². The zero-order valence-electron chi connectivity index (χ0n) is 13.1. The van der Waals surface area contributed by atoms with E-state index >= 15 is 0 Å². The maximum Gasteiger partial charge on any atom is 0.191 e. The van der Waals surface area contributed by atoms with Crippen LogP contribution in [0.5, 0.6) is 0 Å². The number of quaternary nitrogens is 1. The van der Waals surface area contributed by atoms with Crippen molar-refractivity contribution in [2.75, 3.05) is 26.5 Å². The van der Waals surface area contributed by atoms with Gasteiger partial charge in [0.05, 0.1) is 27.4 Å². The molecule has 22 heavy (non-hydrogen) atoms. The second kappa shape index (κ2) is 7.15. The van der Waals surface area contributed by atoms with E-state index in [9.17, 15) is 0 Å². The molecule has 0 fully saturated rings. The van der Waals surface area contributed by atoms with Gasteiger partial charge in [-0.1, -0.05) is 18.2 Å². The van der Waals surface area contributed by atoms with Crippen LogP contribution >= 0.6 is 12.2 Å². The first-order valence-corrected chi connectivity index (χ1v) is 7.43. The molecule has 0 radical (unpaired) electrons. The number of hydrazone groups is 1. The monoisotopic (exact) mass is 313 g/mol. The minimum Gasteiger partial charge on any atom is -0.331 e. The summed E-state index contributed by atoms with van der Waals surface area (Å²) in [6.45, 7) is 0. The van der Waals surface area contributed by atoms with E-state index in [-0.39, 0.29) is 0 Å². The maximum atomic E-state index is 5.18. The van der Waals surface area contributed by atoms with E-state index in [1.807, 2.05) is 42.5 Å². The van der Waals surface area contributed by atoms with Crippen LogP contribution in [0.15, 0.2) is 59.7 Å². The summed E-state index contributed by atoms with van der Waals surface area (Å²) in [4.78, 5) is 0. The highest BCUT2D eigenvalue weighted by Gasteiger charge is 2.10. The molecule has 0 amide bonds. The van der Waals surface area contributed by atoms with Crippen LogP contribution in [0.2, 0.25) is 0 Å². The normalized spacial score (nSPS) is 11.4. The number of hydrogen-bond donors (Lipinski definition) is 2. The van der Waals surface area contributed by atoms with Gasteiger partial charge in [-0.3, -0.25) is 9.91 Å². The van der Waals surface area contributed by atoms with Crippen molar-refractivity contribution in [3.63, 3.8) is 0 Å². The van der Waals surface area contributed by atoms with Crippen molar-refractivity contribution in [2.24, 2.45) is 5.10 Å². The van der Waals surface area contributed by atoms with Gasteiger partial charge in [0.25, 0.3) is 0 Å². The predicted octanol–water partition coefficient (Wildman–Crippen LogP) is 3.20. The first kappa shape index (κ1) is 16.1. The summed E-state index contributed by atoms with van der Waals surface area (Å²) in [5.41, 5.74) is 6.01. The van der Waals surface area contributed by atoms with Crippen molar-refractivity contribution in [1.82, 2.24) is 9.91 Å². The van der Waals surface area contributed by atoms with Crippen LogP contribution in [0, 0.1) is 0 Å². The second-order valence-electron chi connectivity index (χ2n) is 5.79. The quantitative estimate of drug-likeness (QED) is 0.394. The third kappa shape index (κ3) is 4.95. The van der Waals surface area contributed by atoms with Gasteiger partial charge in [-0.05, 0) is 54.2 Å². The van der Waals surface area contributed by atoms with E-state index in [1.165, 1.54) is 5.69 Å². The average Bonchev–Trinajstić information content (AvgIpc) is 2.48. The number of benzene rings is 2. The molecule has 2 aromatic carbocycles. The second-order valence-corrected chi connectivity index (χ2v) is 6.20. The molecular weight excluding hydrogens is 292 g/mol. The highest BCUT2D eigenvalue weighted by molar-refractivity contribution is 7.80. The molecule has 4 nitrogen and oxygen atoms in total. The third-order valence-electron chi connectivity index (χ3n) is 3.08. The molecule has 0 heterocycles. The van der Waals surface area contributed by atoms with E-state index in [2.05, 4.69) is 49.1 Å². The number of rotatable bonds is 4. The summed E-state index contributed by atoms with van der Waals surface area (Å²) in [6, 6.07) is 18.0. The van der Waals surface area contributed by atoms with Gasteiger partial charge in [-0.15, -0.1) is 0 Å². The smallest absolute Gasteiger partial charge is 0.191 e. The van der Waals surface area contributed by atoms with Gasteiger partial charge >= 0.3 is 0 Å². The molecule has 0 aliphatic carbocycles. The number of nitrogens with zero attached hydrogens (tertiary/aromatic N) is 2. The number of hydrogen-bond acceptors (Lipinski definition) is 2. The van der Waals surface area contributed by atoms with Crippen LogP contribution in [-0.4, -0.2) is 32.5 Å². The van der Waals surface area contributed by atoms with Gasteiger partial charge in [-0.25, -0.2) is 0 Å². The molecule has 0 saturated heterocycles. The predicted molar refractivity (Wildman–Crippen MR) is 99.4 cm³/mol. The molecule has 0 aliphatic heterocycles. The van der Waals surface area contributed by atoms with Gasteiger partial charge in [0.2, 0.25) is 0 Å². The maximum absolute atomic E-state index is 5.18. The lowest BCUT2D eigenvalue weighted by Gasteiger charge is -2.23. The molecule has 114 valence electrons. The Morgan fingerprint density at radius 3 is 2.23 bits per heavy atom. The fraction of sp³-hybridized carbons (Fsp3) is 0.176. The Hall–Kier alpha value is -2.24. The minimum atomic E-state index is 0.463. The van der Waals surface area contributed by atoms with Crippen LogP contribution in [-0.2, 0) is 0 Å². The van der Waals surface area contributed by atoms with E-state index in [0.29, 0.717) is 5.11 Å². The first-order valence-electron chi connectivity index (χ1n) is 7.02. The molecule has 2 rings (SSSR count). The summed E-state index contributed by atoms with van der Waals surface area (Å²) in [5.74, 6) is 0. The SMILES string of the molecule is C[N+](C)(C)c1ccc(/C=N\NC(=S)Nc2ccccc2)cc1. The molecule has 0 unspecified atom stereocenters. The number of thiocarbonyl (C=S) groups is 1. The van der Waals surface area contributed by atoms with Crippen LogP contribution in [0.4, 0.5) is 11.4 Å². The lowest BCUT2D eigenvalue weighted by atomic mass is 10.2. The standard InChI is InChI=1S/C17H20N4S/c1-21(2,3)16-11-9-14(10-12-16)13-18-20-17(22)19-15-7-5-4-6-8-15/h4-13H,1-3H3,(H-,19,20,22)/p+1/b18-13-. The lowest BCUT2D eigenvalue weighted by molar-refractivity contribution is 0.486. The molecule has 0 aliphatic rings. The van der Waals surface area contributed by atoms with Crippen molar-refractivity contribution in [3.8, 4) is 0 Å². The van der Waals surface area contributed by atoms with Crippen LogP contribution in [0.25, 0.3) is 0 Å². The minimum absolute atomic E-state index is 0.463. The first-order chi connectivity index (χ1) is 10.4. The fourth-order valence-corrected chi connectivity index (χ4v) is 2.02. The fourth-order valence-electron chi connectivity index (χ4n) is 1.85. The van der Waals surface area contributed by atoms with Gasteiger partial charge < -0.3 is 5.32 Å². The van der Waals surface area contributed by atoms with Gasteiger partial charge in [0.15, 0.2) is 5.11 Å². The summed E-state index contributed by atoms with van der Waals surface area (Å²) in [7, 11) is 6.41. The molecular formula is C17H21N4S+. The largest absolute Gasteiger partial charge is 0.331 e. The Morgan fingerprint density at radius 1 is 1.00 bits per heavy atom.